The highest BCUT2D eigenvalue weighted by Crippen LogP contribution is 2.26. The second kappa shape index (κ2) is 33.3. The van der Waals surface area contributed by atoms with Crippen LogP contribution >= 0.6 is 0 Å². The lowest BCUT2D eigenvalue weighted by atomic mass is 9.84. The Morgan fingerprint density at radius 3 is 0.773 bits per heavy atom. The van der Waals surface area contributed by atoms with Gasteiger partial charge in [-0.05, 0) is 18.8 Å². The summed E-state index contributed by atoms with van der Waals surface area (Å²) in [5, 5.41) is 19.5. The van der Waals surface area contributed by atoms with Gasteiger partial charge in [-0.3, -0.25) is 9.59 Å². The van der Waals surface area contributed by atoms with Crippen LogP contribution in [0.5, 0.6) is 0 Å². The van der Waals surface area contributed by atoms with Gasteiger partial charge in [0.15, 0.2) is 0 Å². The maximum atomic E-state index is 11.9. The molecule has 0 fully saturated rings. The number of aliphatic carboxylic acids is 2. The van der Waals surface area contributed by atoms with Crippen LogP contribution in [0, 0.1) is 17.8 Å². The quantitative estimate of drug-likeness (QED) is 0.0682. The van der Waals surface area contributed by atoms with E-state index in [2.05, 4.69) is 20.8 Å². The Morgan fingerprint density at radius 2 is 0.568 bits per heavy atom. The first-order valence-electron chi connectivity index (χ1n) is 19.9. The smallest absolute Gasteiger partial charge is 0.307 e. The number of unbranched alkanes of at least 4 members (excludes halogenated alkanes) is 27. The fourth-order valence-electron chi connectivity index (χ4n) is 6.77. The van der Waals surface area contributed by atoms with Crippen LogP contribution < -0.4 is 0 Å². The van der Waals surface area contributed by atoms with Crippen molar-refractivity contribution < 1.29 is 19.8 Å². The molecule has 4 nitrogen and oxygen atoms in total. The highest BCUT2D eigenvalue weighted by molar-refractivity contribution is 5.79. The molecular weight excluding hydrogens is 544 g/mol. The average Bonchev–Trinajstić information content (AvgIpc) is 2.98. The third-order valence-corrected chi connectivity index (χ3v) is 9.79. The lowest BCUT2D eigenvalue weighted by Crippen LogP contribution is -2.30. The van der Waals surface area contributed by atoms with E-state index >= 15 is 0 Å². The Hall–Kier alpha value is -1.06. The van der Waals surface area contributed by atoms with Crippen LogP contribution in [0.1, 0.15) is 226 Å². The molecule has 2 unspecified atom stereocenters. The lowest BCUT2D eigenvalue weighted by Gasteiger charge is -2.20. The normalized spacial score (nSPS) is 13.0. The van der Waals surface area contributed by atoms with Crippen LogP contribution in [-0.2, 0) is 9.59 Å². The average molecular weight is 623 g/mol. The van der Waals surface area contributed by atoms with E-state index in [-0.39, 0.29) is 0 Å². The highest BCUT2D eigenvalue weighted by Gasteiger charge is 2.32. The molecule has 262 valence electrons. The molecule has 0 aromatic heterocycles. The summed E-state index contributed by atoms with van der Waals surface area (Å²) in [4.78, 5) is 23.8. The Kier molecular flexibility index (Phi) is 32.5. The molecule has 0 aliphatic heterocycles. The zero-order valence-corrected chi connectivity index (χ0v) is 30.1. The van der Waals surface area contributed by atoms with Crippen LogP contribution in [-0.4, -0.2) is 22.2 Å². The molecule has 2 N–H and O–H groups in total. The third kappa shape index (κ3) is 29.6. The number of hydrogen-bond donors (Lipinski definition) is 2. The molecule has 0 heterocycles. The van der Waals surface area contributed by atoms with E-state index in [0.29, 0.717) is 12.8 Å². The van der Waals surface area contributed by atoms with E-state index in [9.17, 15) is 19.8 Å². The molecule has 4 heteroatoms. The van der Waals surface area contributed by atoms with Crippen molar-refractivity contribution in [2.75, 3.05) is 0 Å². The van der Waals surface area contributed by atoms with Crippen molar-refractivity contribution in [1.82, 2.24) is 0 Å². The highest BCUT2D eigenvalue weighted by atomic mass is 16.4. The van der Waals surface area contributed by atoms with Gasteiger partial charge in [-0.2, -0.15) is 0 Å². The lowest BCUT2D eigenvalue weighted by molar-refractivity contribution is -0.154. The molecule has 0 rings (SSSR count). The van der Waals surface area contributed by atoms with Gasteiger partial charge >= 0.3 is 11.9 Å². The van der Waals surface area contributed by atoms with Gasteiger partial charge in [-0.1, -0.05) is 213 Å². The van der Waals surface area contributed by atoms with Gasteiger partial charge in [0.2, 0.25) is 0 Å². The van der Waals surface area contributed by atoms with Gasteiger partial charge in [-0.15, -0.1) is 0 Å². The second-order valence-corrected chi connectivity index (χ2v) is 14.5. The van der Waals surface area contributed by atoms with Crippen LogP contribution in [0.2, 0.25) is 0 Å². The predicted octanol–water partition coefficient (Wildman–Crippen LogP) is 13.5. The maximum Gasteiger partial charge on any atom is 0.307 e. The monoisotopic (exact) mass is 623 g/mol. The fourth-order valence-corrected chi connectivity index (χ4v) is 6.77. The summed E-state index contributed by atoms with van der Waals surface area (Å²) >= 11 is 0. The summed E-state index contributed by atoms with van der Waals surface area (Å²) < 4.78 is 0. The van der Waals surface area contributed by atoms with Crippen molar-refractivity contribution in [3.05, 3.63) is 0 Å². The van der Waals surface area contributed by atoms with Gasteiger partial charge in [0.1, 0.15) is 0 Å². The zero-order chi connectivity index (χ0) is 32.5. The predicted molar refractivity (Wildman–Crippen MR) is 191 cm³/mol. The molecule has 0 radical (unpaired) electrons. The van der Waals surface area contributed by atoms with Gasteiger partial charge in [0, 0.05) is 0 Å². The topological polar surface area (TPSA) is 74.6 Å². The summed E-state index contributed by atoms with van der Waals surface area (Å²) in [6.07, 6.45) is 39.6. The Morgan fingerprint density at radius 1 is 0.364 bits per heavy atom. The first kappa shape index (κ1) is 42.9. The minimum Gasteiger partial charge on any atom is -0.481 e. The maximum absolute atomic E-state index is 11.9. The van der Waals surface area contributed by atoms with Crippen molar-refractivity contribution in [2.24, 2.45) is 17.8 Å². The largest absolute Gasteiger partial charge is 0.481 e. The molecule has 0 saturated heterocycles. The van der Waals surface area contributed by atoms with E-state index in [4.69, 9.17) is 0 Å². The van der Waals surface area contributed by atoms with Gasteiger partial charge in [-0.25, -0.2) is 0 Å². The molecule has 0 aromatic rings. The Bertz CT molecular complexity index is 616. The minimum atomic E-state index is -0.924. The molecule has 44 heavy (non-hydrogen) atoms. The molecule has 0 amide bonds. The van der Waals surface area contributed by atoms with Crippen LogP contribution in [0.15, 0.2) is 0 Å². The third-order valence-electron chi connectivity index (χ3n) is 9.79. The van der Waals surface area contributed by atoms with Gasteiger partial charge in [0.05, 0.1) is 11.8 Å². The van der Waals surface area contributed by atoms with Gasteiger partial charge < -0.3 is 10.2 Å². The Labute approximate surface area is 275 Å². The molecule has 0 aliphatic rings. The number of rotatable bonds is 36. The molecule has 2 atom stereocenters. The summed E-state index contributed by atoms with van der Waals surface area (Å²) in [7, 11) is 0. The van der Waals surface area contributed by atoms with E-state index < -0.39 is 23.8 Å². The van der Waals surface area contributed by atoms with Crippen LogP contribution in [0.3, 0.4) is 0 Å². The van der Waals surface area contributed by atoms with Crippen molar-refractivity contribution in [3.8, 4) is 0 Å². The number of hydrogen-bond acceptors (Lipinski definition) is 2. The number of carbonyl (C=O) groups is 2. The standard InChI is InChI=1S/C40H78O4/c1-4-5-6-7-8-9-22-25-28-31-34-37(39(41)42)38(40(43)44)35-32-29-26-23-20-18-16-14-12-10-11-13-15-17-19-21-24-27-30-33-36(2)3/h36-38H,4-35H2,1-3H3,(H,41,42)(H,43,44). The van der Waals surface area contributed by atoms with Crippen molar-refractivity contribution >= 4 is 11.9 Å². The minimum absolute atomic E-state index is 0.502. The molecule has 0 bridgehead atoms. The summed E-state index contributed by atoms with van der Waals surface area (Å²) in [6.45, 7) is 6.89. The summed E-state index contributed by atoms with van der Waals surface area (Å²) in [6, 6.07) is 0. The van der Waals surface area contributed by atoms with Crippen molar-refractivity contribution in [1.29, 1.82) is 0 Å². The van der Waals surface area contributed by atoms with E-state index in [1.807, 2.05) is 0 Å². The summed E-state index contributed by atoms with van der Waals surface area (Å²) in [5.74, 6) is -2.46. The van der Waals surface area contributed by atoms with E-state index in [0.717, 1.165) is 44.4 Å². The number of carboxylic acids is 2. The SMILES string of the molecule is CCCCCCCCCCCCC(C(=O)O)C(CCCCCCCCCCCCCCCCCCCCCC(C)C)C(=O)O. The van der Waals surface area contributed by atoms with E-state index in [1.165, 1.54) is 154 Å². The summed E-state index contributed by atoms with van der Waals surface area (Å²) in [5.41, 5.74) is 0. The number of carboxylic acid groups (broad SMARTS) is 2. The molecule has 0 aliphatic carbocycles. The van der Waals surface area contributed by atoms with Crippen molar-refractivity contribution in [3.63, 3.8) is 0 Å². The molecule has 0 aromatic carbocycles. The fraction of sp³-hybridized carbons (Fsp3) is 0.950. The first-order valence-corrected chi connectivity index (χ1v) is 19.9. The van der Waals surface area contributed by atoms with Crippen molar-refractivity contribution in [2.45, 2.75) is 226 Å². The van der Waals surface area contributed by atoms with E-state index in [1.54, 1.807) is 0 Å². The van der Waals surface area contributed by atoms with Crippen LogP contribution in [0.4, 0.5) is 0 Å². The Balaban J connectivity index is 3.66. The van der Waals surface area contributed by atoms with Crippen LogP contribution in [0.25, 0.3) is 0 Å². The molecule has 0 saturated carbocycles. The first-order chi connectivity index (χ1) is 21.4. The van der Waals surface area contributed by atoms with Gasteiger partial charge in [0.25, 0.3) is 0 Å². The second-order valence-electron chi connectivity index (χ2n) is 14.5. The molecule has 0 spiro atoms. The zero-order valence-electron chi connectivity index (χ0n) is 30.1. The molecular formula is C40H78O4.